The van der Waals surface area contributed by atoms with Crippen molar-refractivity contribution in [1.29, 1.82) is 0 Å². The number of anilines is 1. The number of rotatable bonds is 5. The lowest BCUT2D eigenvalue weighted by Gasteiger charge is -2.49. The van der Waals surface area contributed by atoms with Crippen LogP contribution in [0.5, 0.6) is 6.01 Å². The summed E-state index contributed by atoms with van der Waals surface area (Å²) in [6.45, 7) is 5.95. The highest BCUT2D eigenvalue weighted by Crippen LogP contribution is 2.41. The second-order valence-electron chi connectivity index (χ2n) is 12.1. The van der Waals surface area contributed by atoms with E-state index in [4.69, 9.17) is 26.1 Å². The van der Waals surface area contributed by atoms with Gasteiger partial charge in [-0.25, -0.2) is 8.78 Å². The van der Waals surface area contributed by atoms with Crippen molar-refractivity contribution in [2.45, 2.75) is 36.8 Å². The Bertz CT molecular complexity index is 1710. The van der Waals surface area contributed by atoms with E-state index in [1.165, 1.54) is 6.07 Å². The summed E-state index contributed by atoms with van der Waals surface area (Å²) >= 11 is 6.40. The van der Waals surface area contributed by atoms with Gasteiger partial charge in [0.25, 0.3) is 0 Å². The summed E-state index contributed by atoms with van der Waals surface area (Å²) in [5.41, 5.74) is 0.413. The Labute approximate surface area is 247 Å². The van der Waals surface area contributed by atoms with Gasteiger partial charge in [0.05, 0.1) is 34.7 Å². The minimum absolute atomic E-state index is 0.00736. The molecule has 0 unspecified atom stereocenters. The van der Waals surface area contributed by atoms with Crippen LogP contribution in [-0.4, -0.2) is 83.5 Å². The van der Waals surface area contributed by atoms with Gasteiger partial charge in [-0.2, -0.15) is 9.97 Å². The molecular formula is C31H31ClF2N6O2. The molecule has 4 saturated heterocycles. The first-order valence-electron chi connectivity index (χ1n) is 14.6. The molecule has 4 aromatic rings. The molecule has 0 bridgehead atoms. The number of pyridine rings is 1. The Morgan fingerprint density at radius 1 is 1.05 bits per heavy atom. The fourth-order valence-electron chi connectivity index (χ4n) is 7.36. The van der Waals surface area contributed by atoms with Crippen LogP contribution in [0.1, 0.15) is 25.7 Å². The van der Waals surface area contributed by atoms with Crippen molar-refractivity contribution in [2.75, 3.05) is 57.4 Å². The van der Waals surface area contributed by atoms with Gasteiger partial charge < -0.3 is 19.7 Å². The number of nitrogens with one attached hydrogen (secondary N) is 1. The highest BCUT2D eigenvalue weighted by Gasteiger charge is 2.45. The summed E-state index contributed by atoms with van der Waals surface area (Å²) in [5.74, 6) is -0.597. The van der Waals surface area contributed by atoms with E-state index in [1.54, 1.807) is 24.4 Å². The minimum atomic E-state index is -0.618. The van der Waals surface area contributed by atoms with Crippen LogP contribution in [0.4, 0.5) is 14.6 Å². The third-order valence-corrected chi connectivity index (χ3v) is 9.92. The highest BCUT2D eigenvalue weighted by molar-refractivity contribution is 6.36. The molecule has 1 N–H and O–H groups in total. The zero-order valence-electron chi connectivity index (χ0n) is 23.1. The Hall–Kier alpha value is -3.18. The van der Waals surface area contributed by atoms with Crippen LogP contribution in [0.25, 0.3) is 32.9 Å². The van der Waals surface area contributed by atoms with E-state index < -0.39 is 11.6 Å². The maximum absolute atomic E-state index is 16.6. The van der Waals surface area contributed by atoms with Gasteiger partial charge in [0.1, 0.15) is 29.5 Å². The summed E-state index contributed by atoms with van der Waals surface area (Å²) in [6.07, 6.45) is 6.06. The van der Waals surface area contributed by atoms with E-state index in [0.29, 0.717) is 60.5 Å². The van der Waals surface area contributed by atoms with Crippen molar-refractivity contribution in [2.24, 2.45) is 0 Å². The predicted molar refractivity (Wildman–Crippen MR) is 157 cm³/mol. The van der Waals surface area contributed by atoms with Gasteiger partial charge in [-0.1, -0.05) is 35.9 Å². The molecule has 0 saturated carbocycles. The minimum Gasteiger partial charge on any atom is -0.461 e. The molecule has 42 heavy (non-hydrogen) atoms. The number of piperazine rings is 1. The normalized spacial score (nSPS) is 21.3. The van der Waals surface area contributed by atoms with Crippen LogP contribution in [0.3, 0.4) is 0 Å². The molecule has 6 heterocycles. The fraction of sp³-hybridized carbons (Fsp3) is 0.452. The van der Waals surface area contributed by atoms with Gasteiger partial charge in [-0.05, 0) is 50.2 Å². The molecule has 4 fully saturated rings. The van der Waals surface area contributed by atoms with Crippen LogP contribution >= 0.6 is 11.6 Å². The Morgan fingerprint density at radius 2 is 1.88 bits per heavy atom. The number of hydrogen-bond donors (Lipinski definition) is 1. The van der Waals surface area contributed by atoms with Gasteiger partial charge in [-0.15, -0.1) is 0 Å². The van der Waals surface area contributed by atoms with Crippen LogP contribution in [0.2, 0.25) is 5.02 Å². The summed E-state index contributed by atoms with van der Waals surface area (Å²) in [6, 6.07) is 8.39. The van der Waals surface area contributed by atoms with Crippen molar-refractivity contribution in [3.63, 3.8) is 0 Å². The second kappa shape index (κ2) is 9.94. The van der Waals surface area contributed by atoms with Crippen molar-refractivity contribution in [3.05, 3.63) is 53.2 Å². The van der Waals surface area contributed by atoms with Crippen molar-refractivity contribution in [1.82, 2.24) is 25.2 Å². The lowest BCUT2D eigenvalue weighted by molar-refractivity contribution is -0.0743. The van der Waals surface area contributed by atoms with Crippen molar-refractivity contribution < 1.29 is 18.3 Å². The standard InChI is InChI=1S/C31H31ClF2N6O2/c32-24-22(33)7-6-19-4-1-5-20(23(19)24)26-25(34)27-21(14-35-26)28(39-13-10-36-30(15-39)16-41-17-30)38-29(37-27)42-18-31-8-2-11-40(31)12-3-9-31/h1,4-7,14,36H,2-3,8-13,15-18H2. The molecular weight excluding hydrogens is 562 g/mol. The average Bonchev–Trinajstić information content (AvgIpc) is 3.58. The molecule has 8 nitrogen and oxygen atoms in total. The van der Waals surface area contributed by atoms with E-state index in [1.807, 2.05) is 6.07 Å². The SMILES string of the molecule is Fc1ccc2cccc(-c3ncc4c(N5CCNC6(COC6)C5)nc(OCC56CCCN5CCC6)nc4c3F)c2c1Cl. The number of benzene rings is 2. The number of nitrogens with zero attached hydrogens (tertiary/aromatic N) is 5. The second-order valence-corrected chi connectivity index (χ2v) is 12.5. The monoisotopic (exact) mass is 592 g/mol. The van der Waals surface area contributed by atoms with Crippen molar-refractivity contribution in [3.8, 4) is 17.3 Å². The molecule has 1 spiro atoms. The van der Waals surface area contributed by atoms with E-state index in [9.17, 15) is 4.39 Å². The van der Waals surface area contributed by atoms with Crippen molar-refractivity contribution >= 4 is 39.1 Å². The first-order valence-corrected chi connectivity index (χ1v) is 15.0. The van der Waals surface area contributed by atoms with Crippen LogP contribution in [0, 0.1) is 11.6 Å². The fourth-order valence-corrected chi connectivity index (χ4v) is 7.63. The van der Waals surface area contributed by atoms with Gasteiger partial charge in [0.2, 0.25) is 0 Å². The number of ether oxygens (including phenoxy) is 2. The quantitative estimate of drug-likeness (QED) is 0.349. The third kappa shape index (κ3) is 4.14. The maximum Gasteiger partial charge on any atom is 0.319 e. The Kier molecular flexibility index (Phi) is 6.26. The zero-order valence-corrected chi connectivity index (χ0v) is 23.9. The zero-order chi connectivity index (χ0) is 28.5. The largest absolute Gasteiger partial charge is 0.461 e. The summed E-state index contributed by atoms with van der Waals surface area (Å²) in [7, 11) is 0. The maximum atomic E-state index is 16.6. The van der Waals surface area contributed by atoms with Crippen LogP contribution in [-0.2, 0) is 4.74 Å². The highest BCUT2D eigenvalue weighted by atomic mass is 35.5. The molecule has 0 radical (unpaired) electrons. The average molecular weight is 593 g/mol. The number of aromatic nitrogens is 3. The lowest BCUT2D eigenvalue weighted by Crippen LogP contribution is -2.70. The van der Waals surface area contributed by atoms with Gasteiger partial charge in [-0.3, -0.25) is 9.88 Å². The van der Waals surface area contributed by atoms with E-state index in [2.05, 4.69) is 25.1 Å². The Morgan fingerprint density at radius 3 is 2.67 bits per heavy atom. The number of fused-ring (bicyclic) bond motifs is 3. The summed E-state index contributed by atoms with van der Waals surface area (Å²) in [4.78, 5) is 18.7. The first-order chi connectivity index (χ1) is 20.5. The van der Waals surface area contributed by atoms with E-state index >= 15 is 4.39 Å². The molecule has 4 aliphatic rings. The van der Waals surface area contributed by atoms with E-state index in [-0.39, 0.29) is 33.3 Å². The molecule has 2 aromatic heterocycles. The smallest absolute Gasteiger partial charge is 0.319 e. The third-order valence-electron chi connectivity index (χ3n) is 9.55. The van der Waals surface area contributed by atoms with Crippen LogP contribution < -0.4 is 15.0 Å². The molecule has 11 heteroatoms. The summed E-state index contributed by atoms with van der Waals surface area (Å²) < 4.78 is 43.0. The molecule has 0 amide bonds. The molecule has 0 aliphatic carbocycles. The number of halogens is 3. The first kappa shape index (κ1) is 26.4. The molecule has 4 aliphatic heterocycles. The van der Waals surface area contributed by atoms with Gasteiger partial charge in [0, 0.05) is 36.8 Å². The number of hydrogen-bond acceptors (Lipinski definition) is 8. The van der Waals surface area contributed by atoms with Gasteiger partial charge >= 0.3 is 6.01 Å². The summed E-state index contributed by atoms with van der Waals surface area (Å²) in [5, 5.41) is 5.10. The lowest BCUT2D eigenvalue weighted by atomic mass is 9.94. The topological polar surface area (TPSA) is 75.6 Å². The molecule has 0 atom stereocenters. The Balaban J connectivity index is 1.26. The van der Waals surface area contributed by atoms with Crippen LogP contribution in [0.15, 0.2) is 36.5 Å². The molecule has 218 valence electrons. The predicted octanol–water partition coefficient (Wildman–Crippen LogP) is 4.96. The van der Waals surface area contributed by atoms with E-state index in [0.717, 1.165) is 45.3 Å². The van der Waals surface area contributed by atoms with Gasteiger partial charge in [0.15, 0.2) is 5.82 Å². The molecule has 2 aromatic carbocycles. The molecule has 8 rings (SSSR count).